The van der Waals surface area contributed by atoms with Crippen LogP contribution < -0.4 is 10.1 Å². The highest BCUT2D eigenvalue weighted by Crippen LogP contribution is 2.24. The number of benzene rings is 1. The van der Waals surface area contributed by atoms with Gasteiger partial charge in [0.25, 0.3) is 0 Å². The lowest BCUT2D eigenvalue weighted by molar-refractivity contribution is -0.274. The Balaban J connectivity index is 1.31. The molecule has 1 aliphatic rings. The average molecular weight is 562 g/mol. The molecule has 40 heavy (non-hydrogen) atoms. The molecule has 0 spiro atoms. The van der Waals surface area contributed by atoms with Crippen molar-refractivity contribution in [3.63, 3.8) is 0 Å². The Hall–Kier alpha value is -3.83. The number of hydrogen-bond donors (Lipinski definition) is 1. The largest absolute Gasteiger partial charge is 0.573 e. The first-order chi connectivity index (χ1) is 18.9. The molecule has 0 saturated carbocycles. The van der Waals surface area contributed by atoms with Gasteiger partial charge in [-0.15, -0.1) is 13.2 Å². The van der Waals surface area contributed by atoms with Gasteiger partial charge in [0.1, 0.15) is 22.7 Å². The molecule has 1 saturated heterocycles. The van der Waals surface area contributed by atoms with E-state index in [2.05, 4.69) is 20.0 Å². The van der Waals surface area contributed by atoms with Crippen LogP contribution in [0.25, 0.3) is 11.2 Å². The fraction of sp³-hybridized carbons (Fsp3) is 0.500. The van der Waals surface area contributed by atoms with Crippen molar-refractivity contribution in [3.05, 3.63) is 54.0 Å². The van der Waals surface area contributed by atoms with E-state index in [1.54, 1.807) is 29.3 Å². The fourth-order valence-electron chi connectivity index (χ4n) is 4.56. The molecule has 1 fully saturated rings. The van der Waals surface area contributed by atoms with Crippen LogP contribution in [0.3, 0.4) is 0 Å². The highest BCUT2D eigenvalue weighted by atomic mass is 19.4. The predicted molar refractivity (Wildman–Crippen MR) is 142 cm³/mol. The third-order valence-electron chi connectivity index (χ3n) is 6.51. The molecule has 0 radical (unpaired) electrons. The molecule has 2 amide bonds. The number of hydrogen-bond acceptors (Lipinski definition) is 6. The minimum absolute atomic E-state index is 0.102. The van der Waals surface area contributed by atoms with Gasteiger partial charge in [-0.25, -0.2) is 14.8 Å². The Bertz CT molecular complexity index is 1310. The Morgan fingerprint density at radius 3 is 2.42 bits per heavy atom. The number of piperidine rings is 1. The van der Waals surface area contributed by atoms with E-state index in [0.717, 1.165) is 18.4 Å². The SMILES string of the molecule is CC(C)(C)OC(=O)N1CCC(CNC(=O)CCc2nc3cccnc3n2Cc2ccc(OC(F)(F)F)cc2)CC1. The van der Waals surface area contributed by atoms with E-state index in [4.69, 9.17) is 4.74 Å². The van der Waals surface area contributed by atoms with Gasteiger partial charge in [-0.2, -0.15) is 0 Å². The van der Waals surface area contributed by atoms with Crippen LogP contribution in [0, 0.1) is 5.92 Å². The summed E-state index contributed by atoms with van der Waals surface area (Å²) < 4.78 is 48.7. The highest BCUT2D eigenvalue weighted by Gasteiger charge is 2.31. The van der Waals surface area contributed by atoms with Crippen LogP contribution >= 0.6 is 0 Å². The van der Waals surface area contributed by atoms with Gasteiger partial charge < -0.3 is 24.3 Å². The van der Waals surface area contributed by atoms with Crippen LogP contribution in [0.15, 0.2) is 42.6 Å². The Kier molecular flexibility index (Phi) is 8.85. The number of rotatable bonds is 8. The van der Waals surface area contributed by atoms with Crippen LogP contribution in [0.5, 0.6) is 5.75 Å². The predicted octanol–water partition coefficient (Wildman–Crippen LogP) is 5.07. The number of nitrogens with one attached hydrogen (secondary N) is 1. The number of imidazole rings is 1. The molecular weight excluding hydrogens is 527 g/mol. The quantitative estimate of drug-likeness (QED) is 0.412. The zero-order chi connectivity index (χ0) is 28.9. The van der Waals surface area contributed by atoms with Gasteiger partial charge in [0, 0.05) is 38.7 Å². The van der Waals surface area contributed by atoms with Crippen LogP contribution in [0.4, 0.5) is 18.0 Å². The van der Waals surface area contributed by atoms with Crippen molar-refractivity contribution in [2.24, 2.45) is 5.92 Å². The van der Waals surface area contributed by atoms with Crippen molar-refractivity contribution in [2.45, 2.75) is 65.0 Å². The number of amides is 2. The molecule has 4 rings (SSSR count). The van der Waals surface area contributed by atoms with E-state index < -0.39 is 12.0 Å². The Labute approximate surface area is 230 Å². The van der Waals surface area contributed by atoms with Crippen LogP contribution in [0.2, 0.25) is 0 Å². The Morgan fingerprint density at radius 1 is 1.07 bits per heavy atom. The molecule has 2 aromatic heterocycles. The minimum atomic E-state index is -4.75. The van der Waals surface area contributed by atoms with Crippen LogP contribution in [-0.2, 0) is 22.5 Å². The normalized spacial score (nSPS) is 14.8. The first kappa shape index (κ1) is 29.2. The van der Waals surface area contributed by atoms with Gasteiger partial charge >= 0.3 is 12.5 Å². The lowest BCUT2D eigenvalue weighted by Crippen LogP contribution is -2.43. The standard InChI is InChI=1S/C28H34F3N5O4/c1-27(2,3)40-26(38)35-15-12-19(13-16-35)17-33-24(37)11-10-23-34-22-5-4-14-32-25(22)36(23)18-20-6-8-21(9-7-20)39-28(29,30)31/h4-9,14,19H,10-13,15-18H2,1-3H3,(H,33,37). The number of likely N-dealkylation sites (tertiary alicyclic amines) is 1. The number of aryl methyl sites for hydroxylation is 1. The number of pyridine rings is 1. The Morgan fingerprint density at radius 2 is 1.77 bits per heavy atom. The summed E-state index contributed by atoms with van der Waals surface area (Å²) in [4.78, 5) is 35.7. The van der Waals surface area contributed by atoms with Crippen LogP contribution in [0.1, 0.15) is 51.4 Å². The highest BCUT2D eigenvalue weighted by molar-refractivity contribution is 5.76. The smallest absolute Gasteiger partial charge is 0.444 e. The lowest BCUT2D eigenvalue weighted by atomic mass is 9.97. The van der Waals surface area contributed by atoms with Gasteiger partial charge in [0.05, 0.1) is 6.54 Å². The number of carbonyl (C=O) groups excluding carboxylic acids is 2. The molecule has 0 atom stereocenters. The number of ether oxygens (including phenoxy) is 2. The minimum Gasteiger partial charge on any atom is -0.444 e. The van der Waals surface area contributed by atoms with E-state index in [0.29, 0.717) is 49.6 Å². The van der Waals surface area contributed by atoms with E-state index in [1.807, 2.05) is 31.4 Å². The van der Waals surface area contributed by atoms with Gasteiger partial charge in [-0.3, -0.25) is 4.79 Å². The molecule has 216 valence electrons. The van der Waals surface area contributed by atoms with Crippen molar-refractivity contribution in [1.82, 2.24) is 24.8 Å². The summed E-state index contributed by atoms with van der Waals surface area (Å²) in [6.07, 6.45) is -1.25. The molecule has 0 aliphatic carbocycles. The number of halogens is 3. The molecule has 1 aliphatic heterocycles. The van der Waals surface area contributed by atoms with E-state index >= 15 is 0 Å². The van der Waals surface area contributed by atoms with Crippen molar-refractivity contribution in [2.75, 3.05) is 19.6 Å². The number of nitrogens with zero attached hydrogens (tertiary/aromatic N) is 4. The molecular formula is C28H34F3N5O4. The second-order valence-corrected chi connectivity index (χ2v) is 10.9. The summed E-state index contributed by atoms with van der Waals surface area (Å²) in [5.74, 6) is 0.540. The number of aromatic nitrogens is 3. The summed E-state index contributed by atoms with van der Waals surface area (Å²) in [6, 6.07) is 9.24. The summed E-state index contributed by atoms with van der Waals surface area (Å²) in [6.45, 7) is 7.57. The maximum absolute atomic E-state index is 12.7. The van der Waals surface area contributed by atoms with E-state index in [9.17, 15) is 22.8 Å². The maximum Gasteiger partial charge on any atom is 0.573 e. The zero-order valence-corrected chi connectivity index (χ0v) is 22.8. The monoisotopic (exact) mass is 561 g/mol. The summed E-state index contributed by atoms with van der Waals surface area (Å²) >= 11 is 0. The zero-order valence-electron chi connectivity index (χ0n) is 22.8. The molecule has 9 nitrogen and oxygen atoms in total. The average Bonchev–Trinajstić information content (AvgIpc) is 3.23. The second-order valence-electron chi connectivity index (χ2n) is 10.9. The molecule has 3 heterocycles. The third-order valence-corrected chi connectivity index (χ3v) is 6.51. The number of fused-ring (bicyclic) bond motifs is 1. The second kappa shape index (κ2) is 12.1. The van der Waals surface area contributed by atoms with Crippen molar-refractivity contribution in [1.29, 1.82) is 0 Å². The van der Waals surface area contributed by atoms with Crippen molar-refractivity contribution >= 4 is 23.2 Å². The topological polar surface area (TPSA) is 98.6 Å². The molecule has 1 N–H and O–H groups in total. The summed E-state index contributed by atoms with van der Waals surface area (Å²) in [5.41, 5.74) is 1.51. The first-order valence-corrected chi connectivity index (χ1v) is 13.3. The van der Waals surface area contributed by atoms with Crippen molar-refractivity contribution in [3.8, 4) is 5.75 Å². The van der Waals surface area contributed by atoms with Gasteiger partial charge in [0.15, 0.2) is 5.65 Å². The maximum atomic E-state index is 12.7. The molecule has 0 unspecified atom stereocenters. The van der Waals surface area contributed by atoms with Gasteiger partial charge in [-0.1, -0.05) is 12.1 Å². The van der Waals surface area contributed by atoms with E-state index in [-0.39, 0.29) is 30.1 Å². The van der Waals surface area contributed by atoms with Crippen LogP contribution in [-0.4, -0.2) is 63.0 Å². The fourth-order valence-corrected chi connectivity index (χ4v) is 4.56. The van der Waals surface area contributed by atoms with Gasteiger partial charge in [-0.05, 0) is 69.4 Å². The molecule has 0 bridgehead atoms. The third kappa shape index (κ3) is 8.33. The number of carbonyl (C=O) groups is 2. The van der Waals surface area contributed by atoms with Crippen molar-refractivity contribution < 1.29 is 32.2 Å². The summed E-state index contributed by atoms with van der Waals surface area (Å²) in [7, 11) is 0. The number of alkyl halides is 3. The molecule has 3 aromatic rings. The van der Waals surface area contributed by atoms with Gasteiger partial charge in [0.2, 0.25) is 5.91 Å². The lowest BCUT2D eigenvalue weighted by Gasteiger charge is -2.33. The summed E-state index contributed by atoms with van der Waals surface area (Å²) in [5, 5.41) is 3.00. The van der Waals surface area contributed by atoms with E-state index in [1.165, 1.54) is 12.1 Å². The molecule has 1 aromatic carbocycles. The first-order valence-electron chi connectivity index (χ1n) is 13.3. The molecule has 12 heteroatoms.